The van der Waals surface area contributed by atoms with Gasteiger partial charge in [0, 0.05) is 12.8 Å². The van der Waals surface area contributed by atoms with Gasteiger partial charge in [-0.05, 0) is 25.7 Å². The first-order valence-electron chi connectivity index (χ1n) is 37.8. The van der Waals surface area contributed by atoms with Crippen molar-refractivity contribution < 1.29 is 24.5 Å². The lowest BCUT2D eigenvalue weighted by molar-refractivity contribution is -0.143. The summed E-state index contributed by atoms with van der Waals surface area (Å²) in [4.78, 5) is 24.7. The van der Waals surface area contributed by atoms with E-state index >= 15 is 0 Å². The molecule has 0 heterocycles. The third kappa shape index (κ3) is 67.9. The number of esters is 1. The third-order valence-corrected chi connectivity index (χ3v) is 18.2. The quantitative estimate of drug-likeness (QED) is 0.0417. The molecule has 0 spiro atoms. The van der Waals surface area contributed by atoms with E-state index in [1.165, 1.54) is 372 Å². The second-order valence-electron chi connectivity index (χ2n) is 26.4. The molecule has 484 valence electrons. The molecule has 3 N–H and O–H groups in total. The SMILES string of the molecule is CCCCCCCCCCCCCCCCCCCCCCCCC(O)C(CO)NC(=O)CCCCCCCCCCCCCCCCCCCCCCCCCCCOC(=O)CCCCCCCCCCCCCCCCCCC. The fourth-order valence-electron chi connectivity index (χ4n) is 12.4. The lowest BCUT2D eigenvalue weighted by atomic mass is 10.0. The van der Waals surface area contributed by atoms with E-state index in [9.17, 15) is 19.8 Å². The van der Waals surface area contributed by atoms with Gasteiger partial charge < -0.3 is 20.3 Å². The smallest absolute Gasteiger partial charge is 0.305 e. The van der Waals surface area contributed by atoms with Crippen LogP contribution in [0.15, 0.2) is 0 Å². The normalized spacial score (nSPS) is 12.4. The zero-order valence-corrected chi connectivity index (χ0v) is 55.6. The van der Waals surface area contributed by atoms with Gasteiger partial charge in [-0.1, -0.05) is 406 Å². The predicted molar refractivity (Wildman–Crippen MR) is 357 cm³/mol. The molecule has 0 aliphatic rings. The van der Waals surface area contributed by atoms with Crippen LogP contribution in [0.25, 0.3) is 0 Å². The number of aliphatic hydroxyl groups excluding tert-OH is 2. The molecular weight excluding hydrogens is 995 g/mol. The molecule has 0 saturated heterocycles. The van der Waals surface area contributed by atoms with E-state index in [1.54, 1.807) is 0 Å². The first-order chi connectivity index (χ1) is 40.0. The van der Waals surface area contributed by atoms with Crippen LogP contribution < -0.4 is 5.32 Å². The van der Waals surface area contributed by atoms with Crippen LogP contribution >= 0.6 is 0 Å². The van der Waals surface area contributed by atoms with Gasteiger partial charge in [-0.25, -0.2) is 0 Å². The molecule has 2 atom stereocenters. The Morgan fingerprint density at radius 1 is 0.296 bits per heavy atom. The number of ether oxygens (including phenoxy) is 1. The minimum atomic E-state index is -0.663. The van der Waals surface area contributed by atoms with E-state index in [0.717, 1.165) is 38.5 Å². The molecule has 6 heteroatoms. The Morgan fingerprint density at radius 3 is 0.753 bits per heavy atom. The maximum Gasteiger partial charge on any atom is 0.305 e. The summed E-state index contributed by atoms with van der Waals surface area (Å²) in [6.07, 6.45) is 87.4. The highest BCUT2D eigenvalue weighted by atomic mass is 16.5. The fraction of sp³-hybridized carbons (Fsp3) is 0.973. The van der Waals surface area contributed by atoms with E-state index in [4.69, 9.17) is 4.74 Å². The molecule has 0 fully saturated rings. The molecule has 0 saturated carbocycles. The first kappa shape index (κ1) is 79.9. The van der Waals surface area contributed by atoms with Gasteiger partial charge in [0.15, 0.2) is 0 Å². The average Bonchev–Trinajstić information content (AvgIpc) is 3.47. The lowest BCUT2D eigenvalue weighted by Gasteiger charge is -2.22. The summed E-state index contributed by atoms with van der Waals surface area (Å²) < 4.78 is 5.51. The Kier molecular flexibility index (Phi) is 70.3. The minimum absolute atomic E-state index is 0.0221. The highest BCUT2D eigenvalue weighted by molar-refractivity contribution is 5.76. The molecule has 0 bridgehead atoms. The summed E-state index contributed by atoms with van der Waals surface area (Å²) in [5.74, 6) is -0.00510. The van der Waals surface area contributed by atoms with Crippen molar-refractivity contribution >= 4 is 11.9 Å². The Bertz CT molecular complexity index is 1180. The minimum Gasteiger partial charge on any atom is -0.466 e. The number of rotatable bonds is 72. The second-order valence-corrected chi connectivity index (χ2v) is 26.4. The van der Waals surface area contributed by atoms with Crippen molar-refractivity contribution in [2.24, 2.45) is 0 Å². The number of aliphatic hydroxyl groups is 2. The number of carbonyl (C=O) groups is 2. The lowest BCUT2D eigenvalue weighted by Crippen LogP contribution is -2.45. The second kappa shape index (κ2) is 71.3. The van der Waals surface area contributed by atoms with Crippen LogP contribution in [0, 0.1) is 0 Å². The predicted octanol–water partition coefficient (Wildman–Crippen LogP) is 24.5. The van der Waals surface area contributed by atoms with Gasteiger partial charge in [-0.2, -0.15) is 0 Å². The number of amides is 1. The van der Waals surface area contributed by atoms with Crippen LogP contribution in [0.5, 0.6) is 0 Å². The van der Waals surface area contributed by atoms with Gasteiger partial charge in [-0.3, -0.25) is 9.59 Å². The first-order valence-corrected chi connectivity index (χ1v) is 37.8. The van der Waals surface area contributed by atoms with Crippen molar-refractivity contribution in [1.29, 1.82) is 0 Å². The summed E-state index contributed by atoms with van der Waals surface area (Å²) >= 11 is 0. The number of carbonyl (C=O) groups excluding carboxylic acids is 2. The van der Waals surface area contributed by atoms with Crippen molar-refractivity contribution in [2.45, 2.75) is 456 Å². The van der Waals surface area contributed by atoms with E-state index in [-0.39, 0.29) is 18.5 Å². The summed E-state index contributed by atoms with van der Waals surface area (Å²) in [5.41, 5.74) is 0. The van der Waals surface area contributed by atoms with Crippen LogP contribution in [0.4, 0.5) is 0 Å². The summed E-state index contributed by atoms with van der Waals surface area (Å²) in [5, 5.41) is 23.5. The highest BCUT2D eigenvalue weighted by Crippen LogP contribution is 2.20. The average molecular weight is 1150 g/mol. The van der Waals surface area contributed by atoms with Crippen molar-refractivity contribution in [3.05, 3.63) is 0 Å². The van der Waals surface area contributed by atoms with Crippen LogP contribution in [0.3, 0.4) is 0 Å². The maximum absolute atomic E-state index is 12.6. The zero-order valence-electron chi connectivity index (χ0n) is 55.6. The largest absolute Gasteiger partial charge is 0.466 e. The van der Waals surface area contributed by atoms with Crippen LogP contribution in [-0.2, 0) is 14.3 Å². The summed E-state index contributed by atoms with van der Waals surface area (Å²) in [7, 11) is 0. The van der Waals surface area contributed by atoms with Gasteiger partial charge in [0.2, 0.25) is 5.91 Å². The fourth-order valence-corrected chi connectivity index (χ4v) is 12.4. The number of hydrogen-bond donors (Lipinski definition) is 3. The van der Waals surface area contributed by atoms with E-state index in [2.05, 4.69) is 19.2 Å². The number of nitrogens with one attached hydrogen (secondary N) is 1. The molecule has 6 nitrogen and oxygen atoms in total. The molecular formula is C75H149NO5. The molecule has 0 aromatic heterocycles. The summed E-state index contributed by atoms with van der Waals surface area (Å²) in [6, 6.07) is -0.540. The molecule has 0 aromatic rings. The Morgan fingerprint density at radius 2 is 0.506 bits per heavy atom. The molecule has 81 heavy (non-hydrogen) atoms. The molecule has 0 aromatic carbocycles. The van der Waals surface area contributed by atoms with E-state index in [1.807, 2.05) is 0 Å². The Balaban J connectivity index is 3.34. The summed E-state index contributed by atoms with van der Waals surface area (Å²) in [6.45, 7) is 5.02. The molecule has 0 aliphatic heterocycles. The zero-order chi connectivity index (χ0) is 58.5. The molecule has 1 amide bonds. The van der Waals surface area contributed by atoms with Gasteiger partial charge in [0.05, 0.1) is 25.4 Å². The Hall–Kier alpha value is -1.14. The van der Waals surface area contributed by atoms with Crippen LogP contribution in [0.2, 0.25) is 0 Å². The van der Waals surface area contributed by atoms with Crippen LogP contribution in [0.1, 0.15) is 444 Å². The van der Waals surface area contributed by atoms with Gasteiger partial charge in [-0.15, -0.1) is 0 Å². The topological polar surface area (TPSA) is 95.9 Å². The standard InChI is InChI=1S/C75H149NO5/c1-3-5-7-9-11-13-15-17-19-21-22-23-29-32-36-39-43-47-51-55-59-63-67-73(78)72(71-77)76-74(79)68-64-60-56-52-48-44-40-37-33-30-27-25-24-26-28-31-34-38-42-46-50-54-58-62-66-70-81-75(80)69-65-61-57-53-49-45-41-35-20-18-16-14-12-10-8-6-4-2/h72-73,77-78H,3-71H2,1-2H3,(H,76,79). The number of hydrogen-bond acceptors (Lipinski definition) is 5. The molecule has 0 radical (unpaired) electrons. The van der Waals surface area contributed by atoms with Gasteiger partial charge in [0.1, 0.15) is 0 Å². The van der Waals surface area contributed by atoms with Crippen molar-refractivity contribution in [2.75, 3.05) is 13.2 Å². The van der Waals surface area contributed by atoms with Gasteiger partial charge in [0.25, 0.3) is 0 Å². The maximum atomic E-state index is 12.6. The van der Waals surface area contributed by atoms with E-state index < -0.39 is 12.1 Å². The molecule has 2 unspecified atom stereocenters. The molecule has 0 aliphatic carbocycles. The van der Waals surface area contributed by atoms with Crippen LogP contribution in [-0.4, -0.2) is 47.4 Å². The molecule has 0 rings (SSSR count). The van der Waals surface area contributed by atoms with Gasteiger partial charge >= 0.3 is 5.97 Å². The van der Waals surface area contributed by atoms with E-state index in [0.29, 0.717) is 25.9 Å². The van der Waals surface area contributed by atoms with Crippen molar-refractivity contribution in [1.82, 2.24) is 5.32 Å². The van der Waals surface area contributed by atoms with Crippen molar-refractivity contribution in [3.8, 4) is 0 Å². The monoisotopic (exact) mass is 1140 g/mol. The highest BCUT2D eigenvalue weighted by Gasteiger charge is 2.20. The number of unbranched alkanes of at least 4 members (excludes halogenated alkanes) is 61. The third-order valence-electron chi connectivity index (χ3n) is 18.2. The Labute approximate surface area is 508 Å². The van der Waals surface area contributed by atoms with Crippen molar-refractivity contribution in [3.63, 3.8) is 0 Å².